The molecule has 1 rings (SSSR count). The van der Waals surface area contributed by atoms with Crippen LogP contribution in [0.2, 0.25) is 0 Å². The Hall–Kier alpha value is -1.57. The van der Waals surface area contributed by atoms with Crippen molar-refractivity contribution in [2.45, 2.75) is 33.1 Å². The van der Waals surface area contributed by atoms with Gasteiger partial charge < -0.3 is 5.11 Å². The van der Waals surface area contributed by atoms with Crippen LogP contribution in [0.5, 0.6) is 0 Å². The van der Waals surface area contributed by atoms with E-state index in [0.29, 0.717) is 5.56 Å². The number of rotatable bonds is 5. The van der Waals surface area contributed by atoms with Crippen LogP contribution in [0.1, 0.15) is 41.3 Å². The summed E-state index contributed by atoms with van der Waals surface area (Å²) in [6, 6.07) is 5.47. The van der Waals surface area contributed by atoms with Crippen molar-refractivity contribution in [3.05, 3.63) is 47.0 Å². The molecule has 0 radical (unpaired) electrons. The summed E-state index contributed by atoms with van der Waals surface area (Å²) in [5.41, 5.74) is 2.43. The molecule has 0 fully saturated rings. The summed E-state index contributed by atoms with van der Waals surface area (Å²) in [5.74, 6) is -0.844. The van der Waals surface area contributed by atoms with E-state index in [4.69, 9.17) is 5.11 Å². The molecule has 0 aliphatic heterocycles. The maximum absolute atomic E-state index is 10.9. The van der Waals surface area contributed by atoms with Gasteiger partial charge in [-0.2, -0.15) is 0 Å². The van der Waals surface area contributed by atoms with E-state index in [9.17, 15) is 4.79 Å². The van der Waals surface area contributed by atoms with E-state index in [-0.39, 0.29) is 0 Å². The monoisotopic (exact) mass is 218 g/mol. The summed E-state index contributed by atoms with van der Waals surface area (Å²) >= 11 is 0. The summed E-state index contributed by atoms with van der Waals surface area (Å²) in [4.78, 5) is 10.9. The van der Waals surface area contributed by atoms with Gasteiger partial charge in [-0.25, -0.2) is 4.79 Å². The molecule has 0 atom stereocenters. The summed E-state index contributed by atoms with van der Waals surface area (Å²) in [7, 11) is 0. The molecule has 0 aromatic heterocycles. The van der Waals surface area contributed by atoms with Crippen molar-refractivity contribution in [2.24, 2.45) is 0 Å². The van der Waals surface area contributed by atoms with E-state index >= 15 is 0 Å². The molecular formula is C14H18O2. The minimum Gasteiger partial charge on any atom is -0.478 e. The number of carboxylic acid groups (broad SMARTS) is 1. The normalized spacial score (nSPS) is 10.9. The first-order chi connectivity index (χ1) is 7.66. The molecule has 0 heterocycles. The second-order valence-corrected chi connectivity index (χ2v) is 3.81. The number of allylic oxidation sites excluding steroid dienone is 2. The SMILES string of the molecule is CC/C=C\CCc1cccc(C(=O)O)c1C. The van der Waals surface area contributed by atoms with Gasteiger partial charge in [0.1, 0.15) is 0 Å². The largest absolute Gasteiger partial charge is 0.478 e. The Morgan fingerprint density at radius 3 is 2.75 bits per heavy atom. The molecule has 0 saturated heterocycles. The second-order valence-electron chi connectivity index (χ2n) is 3.81. The molecule has 1 N–H and O–H groups in total. The fourth-order valence-electron chi connectivity index (χ4n) is 1.71. The Kier molecular flexibility index (Phi) is 4.77. The van der Waals surface area contributed by atoms with Crippen LogP contribution in [0.4, 0.5) is 0 Å². The molecular weight excluding hydrogens is 200 g/mol. The molecule has 0 spiro atoms. The van der Waals surface area contributed by atoms with Crippen LogP contribution in [0.3, 0.4) is 0 Å². The first-order valence-corrected chi connectivity index (χ1v) is 5.63. The zero-order valence-corrected chi connectivity index (χ0v) is 9.86. The quantitative estimate of drug-likeness (QED) is 0.767. The molecule has 0 aliphatic rings. The molecule has 0 bridgehead atoms. The number of aromatic carboxylic acids is 1. The lowest BCUT2D eigenvalue weighted by molar-refractivity contribution is 0.0696. The molecule has 1 aromatic carbocycles. The molecule has 2 nitrogen and oxygen atoms in total. The van der Waals surface area contributed by atoms with Gasteiger partial charge in [-0.15, -0.1) is 0 Å². The summed E-state index contributed by atoms with van der Waals surface area (Å²) in [6.45, 7) is 3.98. The van der Waals surface area contributed by atoms with Crippen LogP contribution in [0.25, 0.3) is 0 Å². The molecule has 0 saturated carbocycles. The lowest BCUT2D eigenvalue weighted by atomic mass is 9.99. The maximum Gasteiger partial charge on any atom is 0.335 e. The second kappa shape index (κ2) is 6.11. The van der Waals surface area contributed by atoms with Gasteiger partial charge in [0.15, 0.2) is 0 Å². The highest BCUT2D eigenvalue weighted by molar-refractivity contribution is 5.89. The van der Waals surface area contributed by atoms with Gasteiger partial charge in [-0.1, -0.05) is 31.2 Å². The van der Waals surface area contributed by atoms with Crippen molar-refractivity contribution in [1.82, 2.24) is 0 Å². The van der Waals surface area contributed by atoms with E-state index in [1.54, 1.807) is 6.07 Å². The van der Waals surface area contributed by atoms with Crippen LogP contribution < -0.4 is 0 Å². The topological polar surface area (TPSA) is 37.3 Å². The van der Waals surface area contributed by atoms with E-state index in [0.717, 1.165) is 30.4 Å². The number of hydrogen-bond acceptors (Lipinski definition) is 1. The Morgan fingerprint density at radius 1 is 1.38 bits per heavy atom. The van der Waals surface area contributed by atoms with Gasteiger partial charge in [0.05, 0.1) is 5.56 Å². The fraction of sp³-hybridized carbons (Fsp3) is 0.357. The smallest absolute Gasteiger partial charge is 0.335 e. The number of carboxylic acids is 1. The molecule has 0 aliphatic carbocycles. The Labute approximate surface area is 96.6 Å². The number of carbonyl (C=O) groups is 1. The van der Waals surface area contributed by atoms with Gasteiger partial charge in [0.2, 0.25) is 0 Å². The Balaban J connectivity index is 2.77. The van der Waals surface area contributed by atoms with Crippen LogP contribution in [0.15, 0.2) is 30.4 Å². The van der Waals surface area contributed by atoms with Crippen molar-refractivity contribution in [1.29, 1.82) is 0 Å². The Bertz CT molecular complexity index is 392. The van der Waals surface area contributed by atoms with Crippen LogP contribution in [-0.2, 0) is 6.42 Å². The highest BCUT2D eigenvalue weighted by atomic mass is 16.4. The van der Waals surface area contributed by atoms with Crippen LogP contribution in [-0.4, -0.2) is 11.1 Å². The zero-order valence-electron chi connectivity index (χ0n) is 9.86. The third kappa shape index (κ3) is 3.23. The predicted molar refractivity (Wildman–Crippen MR) is 65.9 cm³/mol. The average Bonchev–Trinajstić information content (AvgIpc) is 2.26. The number of benzene rings is 1. The van der Waals surface area contributed by atoms with E-state index < -0.39 is 5.97 Å². The van der Waals surface area contributed by atoms with E-state index in [2.05, 4.69) is 19.1 Å². The standard InChI is InChI=1S/C14H18O2/c1-3-4-5-6-8-12-9-7-10-13(11(12)2)14(15)16/h4-5,7,9-10H,3,6,8H2,1-2H3,(H,15,16)/b5-4-. The van der Waals surface area contributed by atoms with Crippen molar-refractivity contribution in [3.8, 4) is 0 Å². The minimum atomic E-state index is -0.844. The minimum absolute atomic E-state index is 0.414. The average molecular weight is 218 g/mol. The third-order valence-electron chi connectivity index (χ3n) is 2.66. The van der Waals surface area contributed by atoms with Gasteiger partial charge in [-0.3, -0.25) is 0 Å². The van der Waals surface area contributed by atoms with Crippen molar-refractivity contribution in [3.63, 3.8) is 0 Å². The molecule has 1 aromatic rings. The lowest BCUT2D eigenvalue weighted by Crippen LogP contribution is -2.02. The fourth-order valence-corrected chi connectivity index (χ4v) is 1.71. The highest BCUT2D eigenvalue weighted by Crippen LogP contribution is 2.15. The zero-order chi connectivity index (χ0) is 12.0. The number of aryl methyl sites for hydroxylation is 1. The van der Waals surface area contributed by atoms with Crippen LogP contribution >= 0.6 is 0 Å². The van der Waals surface area contributed by atoms with Gasteiger partial charge >= 0.3 is 5.97 Å². The predicted octanol–water partition coefficient (Wildman–Crippen LogP) is 3.59. The van der Waals surface area contributed by atoms with Crippen molar-refractivity contribution < 1.29 is 9.90 Å². The van der Waals surface area contributed by atoms with Crippen LogP contribution in [0, 0.1) is 6.92 Å². The summed E-state index contributed by atoms with van der Waals surface area (Å²) in [5, 5.41) is 8.99. The summed E-state index contributed by atoms with van der Waals surface area (Å²) in [6.07, 6.45) is 7.21. The molecule has 0 amide bonds. The third-order valence-corrected chi connectivity index (χ3v) is 2.66. The Morgan fingerprint density at radius 2 is 2.12 bits per heavy atom. The molecule has 16 heavy (non-hydrogen) atoms. The first kappa shape index (κ1) is 12.5. The van der Waals surface area contributed by atoms with Gasteiger partial charge in [-0.05, 0) is 43.4 Å². The highest BCUT2D eigenvalue weighted by Gasteiger charge is 2.08. The maximum atomic E-state index is 10.9. The lowest BCUT2D eigenvalue weighted by Gasteiger charge is -2.07. The van der Waals surface area contributed by atoms with Gasteiger partial charge in [0, 0.05) is 0 Å². The first-order valence-electron chi connectivity index (χ1n) is 5.63. The number of hydrogen-bond donors (Lipinski definition) is 1. The molecule has 0 unspecified atom stereocenters. The molecule has 2 heteroatoms. The van der Waals surface area contributed by atoms with E-state index in [1.807, 2.05) is 19.1 Å². The molecule has 86 valence electrons. The summed E-state index contributed by atoms with van der Waals surface area (Å²) < 4.78 is 0. The van der Waals surface area contributed by atoms with E-state index in [1.165, 1.54) is 0 Å². The van der Waals surface area contributed by atoms with Crippen molar-refractivity contribution in [2.75, 3.05) is 0 Å². The van der Waals surface area contributed by atoms with Crippen molar-refractivity contribution >= 4 is 5.97 Å². The van der Waals surface area contributed by atoms with Gasteiger partial charge in [0.25, 0.3) is 0 Å².